The molecule has 0 spiro atoms. The van der Waals surface area contributed by atoms with Gasteiger partial charge < -0.3 is 5.32 Å². The highest BCUT2D eigenvalue weighted by Gasteiger charge is 2.35. The Hall–Kier alpha value is -1.16. The third kappa shape index (κ3) is 4.16. The molecule has 1 amide bonds. The first-order valence-corrected chi connectivity index (χ1v) is 7.78. The quantitative estimate of drug-likeness (QED) is 0.841. The van der Waals surface area contributed by atoms with Gasteiger partial charge in [-0.25, -0.2) is 8.78 Å². The Morgan fingerprint density at radius 1 is 1.48 bits per heavy atom. The van der Waals surface area contributed by atoms with Crippen LogP contribution in [0.5, 0.6) is 0 Å². The summed E-state index contributed by atoms with van der Waals surface area (Å²) in [5.74, 6) is -0.734. The van der Waals surface area contributed by atoms with Crippen molar-refractivity contribution in [2.45, 2.75) is 44.6 Å². The molecule has 1 aliphatic carbocycles. The number of hydrogen-bond donors (Lipinski definition) is 1. The van der Waals surface area contributed by atoms with E-state index < -0.39 is 17.2 Å². The van der Waals surface area contributed by atoms with E-state index in [0.29, 0.717) is 11.8 Å². The van der Waals surface area contributed by atoms with Gasteiger partial charge in [-0.15, -0.1) is 11.6 Å². The van der Waals surface area contributed by atoms with E-state index in [9.17, 15) is 13.6 Å². The van der Waals surface area contributed by atoms with Gasteiger partial charge in [0.25, 0.3) is 0 Å². The summed E-state index contributed by atoms with van der Waals surface area (Å²) in [6.07, 6.45) is 3.76. The Morgan fingerprint density at radius 2 is 2.24 bits per heavy atom. The number of halogens is 3. The van der Waals surface area contributed by atoms with Crippen LogP contribution >= 0.6 is 11.6 Å². The van der Waals surface area contributed by atoms with Crippen molar-refractivity contribution in [2.24, 2.45) is 5.92 Å². The standard InChI is InChI=1S/C16H20ClF2NO/c1-11-3-2-6-16(9-11,10-17)20-15(21)7-12-4-5-13(18)8-14(12)19/h4-5,8,11H,2-3,6-7,9-10H2,1H3,(H,20,21). The molecular formula is C16H20ClF2NO. The predicted octanol–water partition coefficient (Wildman–Crippen LogP) is 3.81. The normalized spacial score (nSPS) is 25.6. The van der Waals surface area contributed by atoms with Gasteiger partial charge in [0.1, 0.15) is 11.6 Å². The van der Waals surface area contributed by atoms with Crippen LogP contribution in [0.3, 0.4) is 0 Å². The second-order valence-corrected chi connectivity index (χ2v) is 6.34. The zero-order valence-corrected chi connectivity index (χ0v) is 12.9. The minimum absolute atomic E-state index is 0.0981. The minimum Gasteiger partial charge on any atom is -0.349 e. The number of carbonyl (C=O) groups is 1. The van der Waals surface area contributed by atoms with Crippen molar-refractivity contribution in [3.8, 4) is 0 Å². The van der Waals surface area contributed by atoms with Crippen molar-refractivity contribution in [1.82, 2.24) is 5.32 Å². The second-order valence-electron chi connectivity index (χ2n) is 6.08. The average molecular weight is 316 g/mol. The molecule has 0 aliphatic heterocycles. The third-order valence-corrected chi connectivity index (χ3v) is 4.63. The van der Waals surface area contributed by atoms with E-state index in [-0.39, 0.29) is 17.9 Å². The molecule has 1 saturated carbocycles. The number of rotatable bonds is 4. The van der Waals surface area contributed by atoms with Crippen molar-refractivity contribution in [3.63, 3.8) is 0 Å². The van der Waals surface area contributed by atoms with Crippen molar-refractivity contribution < 1.29 is 13.6 Å². The van der Waals surface area contributed by atoms with Gasteiger partial charge in [0.05, 0.1) is 12.0 Å². The van der Waals surface area contributed by atoms with E-state index in [1.807, 2.05) is 0 Å². The first-order valence-electron chi connectivity index (χ1n) is 7.25. The number of nitrogens with one attached hydrogen (secondary N) is 1. The molecule has 2 unspecified atom stereocenters. The topological polar surface area (TPSA) is 29.1 Å². The lowest BCUT2D eigenvalue weighted by atomic mass is 9.77. The maximum absolute atomic E-state index is 13.6. The predicted molar refractivity (Wildman–Crippen MR) is 79.3 cm³/mol. The lowest BCUT2D eigenvalue weighted by Gasteiger charge is -2.39. The smallest absolute Gasteiger partial charge is 0.224 e. The summed E-state index contributed by atoms with van der Waals surface area (Å²) >= 11 is 6.06. The third-order valence-electron chi connectivity index (χ3n) is 4.12. The maximum atomic E-state index is 13.6. The van der Waals surface area contributed by atoms with Crippen LogP contribution in [0.25, 0.3) is 0 Å². The molecule has 1 aromatic carbocycles. The van der Waals surface area contributed by atoms with Crippen molar-refractivity contribution in [3.05, 3.63) is 35.4 Å². The molecule has 2 rings (SSSR count). The average Bonchev–Trinajstić information content (AvgIpc) is 2.42. The molecule has 1 fully saturated rings. The van der Waals surface area contributed by atoms with E-state index in [0.717, 1.165) is 37.8 Å². The fourth-order valence-corrected chi connectivity index (χ4v) is 3.42. The van der Waals surface area contributed by atoms with Crippen LogP contribution in [0.1, 0.15) is 38.2 Å². The summed E-state index contributed by atoms with van der Waals surface area (Å²) < 4.78 is 26.4. The lowest BCUT2D eigenvalue weighted by Crippen LogP contribution is -2.53. The number of hydrogen-bond acceptors (Lipinski definition) is 1. The van der Waals surface area contributed by atoms with Gasteiger partial charge in [0.15, 0.2) is 0 Å². The van der Waals surface area contributed by atoms with Crippen LogP contribution in [-0.4, -0.2) is 17.3 Å². The summed E-state index contributed by atoms with van der Waals surface area (Å²) in [6.45, 7) is 2.15. The summed E-state index contributed by atoms with van der Waals surface area (Å²) in [4.78, 5) is 12.2. The van der Waals surface area contributed by atoms with Crippen molar-refractivity contribution in [1.29, 1.82) is 0 Å². The summed E-state index contributed by atoms with van der Waals surface area (Å²) in [5.41, 5.74) is -0.199. The summed E-state index contributed by atoms with van der Waals surface area (Å²) in [7, 11) is 0. The molecule has 1 N–H and O–H groups in total. The van der Waals surface area contributed by atoms with Gasteiger partial charge in [-0.1, -0.05) is 25.8 Å². The fourth-order valence-electron chi connectivity index (χ4n) is 3.11. The molecule has 1 aromatic rings. The molecule has 2 atom stereocenters. The van der Waals surface area contributed by atoms with Gasteiger partial charge in [-0.3, -0.25) is 4.79 Å². The van der Waals surface area contributed by atoms with Crippen LogP contribution in [0, 0.1) is 17.6 Å². The van der Waals surface area contributed by atoms with Crippen molar-refractivity contribution in [2.75, 3.05) is 5.88 Å². The van der Waals surface area contributed by atoms with E-state index in [4.69, 9.17) is 11.6 Å². The molecule has 1 aliphatic rings. The summed E-state index contributed by atoms with van der Waals surface area (Å²) in [6, 6.07) is 3.26. The van der Waals surface area contributed by atoms with Crippen LogP contribution < -0.4 is 5.32 Å². The molecule has 5 heteroatoms. The highest BCUT2D eigenvalue weighted by Crippen LogP contribution is 2.33. The van der Waals surface area contributed by atoms with E-state index in [2.05, 4.69) is 12.2 Å². The van der Waals surface area contributed by atoms with Gasteiger partial charge in [-0.05, 0) is 30.4 Å². The zero-order valence-electron chi connectivity index (χ0n) is 12.1. The molecule has 0 bridgehead atoms. The Kier molecular flexibility index (Phi) is 5.20. The number of carbonyl (C=O) groups excluding carboxylic acids is 1. The lowest BCUT2D eigenvalue weighted by molar-refractivity contribution is -0.122. The van der Waals surface area contributed by atoms with Gasteiger partial charge >= 0.3 is 0 Å². The Morgan fingerprint density at radius 3 is 2.86 bits per heavy atom. The van der Waals surface area contributed by atoms with Crippen LogP contribution in [-0.2, 0) is 11.2 Å². The molecule has 0 radical (unpaired) electrons. The SMILES string of the molecule is CC1CCCC(CCl)(NC(=O)Cc2ccc(F)cc2F)C1. The molecule has 2 nitrogen and oxygen atoms in total. The molecule has 0 saturated heterocycles. The molecular weight excluding hydrogens is 296 g/mol. The largest absolute Gasteiger partial charge is 0.349 e. The highest BCUT2D eigenvalue weighted by molar-refractivity contribution is 6.18. The summed E-state index contributed by atoms with van der Waals surface area (Å²) in [5, 5.41) is 2.97. The molecule has 21 heavy (non-hydrogen) atoms. The fraction of sp³-hybridized carbons (Fsp3) is 0.562. The Labute approximate surface area is 128 Å². The Bertz CT molecular complexity index is 523. The van der Waals surface area contributed by atoms with Crippen LogP contribution in [0.4, 0.5) is 8.78 Å². The highest BCUT2D eigenvalue weighted by atomic mass is 35.5. The molecule has 0 heterocycles. The van der Waals surface area contributed by atoms with Crippen LogP contribution in [0.15, 0.2) is 18.2 Å². The van der Waals surface area contributed by atoms with Gasteiger partial charge in [0, 0.05) is 11.9 Å². The van der Waals surface area contributed by atoms with E-state index in [1.165, 1.54) is 6.07 Å². The van der Waals surface area contributed by atoms with E-state index in [1.54, 1.807) is 0 Å². The second kappa shape index (κ2) is 6.73. The van der Waals surface area contributed by atoms with Gasteiger partial charge in [0.2, 0.25) is 5.91 Å². The van der Waals surface area contributed by atoms with Crippen molar-refractivity contribution >= 4 is 17.5 Å². The minimum atomic E-state index is -0.693. The monoisotopic (exact) mass is 315 g/mol. The Balaban J connectivity index is 2.03. The first kappa shape index (κ1) is 16.2. The first-order chi connectivity index (χ1) is 9.94. The number of alkyl halides is 1. The van der Waals surface area contributed by atoms with Crippen LogP contribution in [0.2, 0.25) is 0 Å². The molecule has 0 aromatic heterocycles. The number of benzene rings is 1. The molecule has 116 valence electrons. The maximum Gasteiger partial charge on any atom is 0.224 e. The van der Waals surface area contributed by atoms with E-state index >= 15 is 0 Å². The zero-order chi connectivity index (χ0) is 15.5. The van der Waals surface area contributed by atoms with Gasteiger partial charge in [-0.2, -0.15) is 0 Å². The number of amides is 1.